The third kappa shape index (κ3) is 7.11. The van der Waals surface area contributed by atoms with Gasteiger partial charge in [0.25, 0.3) is 15.7 Å². The van der Waals surface area contributed by atoms with Crippen LogP contribution in [-0.2, 0) is 20.6 Å². The van der Waals surface area contributed by atoms with Gasteiger partial charge in [0.1, 0.15) is 11.5 Å². The number of nitrogens with zero attached hydrogens (tertiary/aromatic N) is 1. The molecule has 0 spiro atoms. The van der Waals surface area contributed by atoms with Gasteiger partial charge in [0.2, 0.25) is 5.91 Å². The average molecular weight is 518 g/mol. The van der Waals surface area contributed by atoms with Crippen molar-refractivity contribution in [3.63, 3.8) is 0 Å². The molecular formula is C23H23N3O7S2. The van der Waals surface area contributed by atoms with Gasteiger partial charge in [-0.15, -0.1) is 11.8 Å². The number of nitrogens with one attached hydrogen (secondary N) is 2. The van der Waals surface area contributed by atoms with Crippen LogP contribution in [-0.4, -0.2) is 39.2 Å². The molecule has 0 radical (unpaired) electrons. The number of non-ortho nitro benzene ring substituents is 1. The first-order valence-electron chi connectivity index (χ1n) is 10.2. The molecule has 0 aliphatic rings. The summed E-state index contributed by atoms with van der Waals surface area (Å²) in [6.45, 7) is 0. The molecule has 3 aromatic rings. The standard InChI is InChI=1S/C23H23N3O7S2/c1-32-19-9-12-22(33-2)21(13-19)25-35(30,31)20-10-5-17(6-11-20)24-23(27)15-34-14-16-3-7-18(8-4-16)26(28)29/h3-13,25H,14-15H2,1-2H3,(H,24,27). The van der Waals surface area contributed by atoms with Crippen molar-refractivity contribution in [3.05, 3.63) is 82.4 Å². The Bertz CT molecular complexity index is 1300. The molecule has 3 rings (SSSR count). The van der Waals surface area contributed by atoms with Crippen molar-refractivity contribution in [2.75, 3.05) is 30.0 Å². The average Bonchev–Trinajstić information content (AvgIpc) is 2.84. The van der Waals surface area contributed by atoms with Crippen molar-refractivity contribution in [1.29, 1.82) is 0 Å². The minimum atomic E-state index is -3.91. The van der Waals surface area contributed by atoms with Crippen LogP contribution in [0.1, 0.15) is 5.56 Å². The molecule has 0 atom stereocenters. The number of carbonyl (C=O) groups excluding carboxylic acids is 1. The number of carbonyl (C=O) groups is 1. The summed E-state index contributed by atoms with van der Waals surface area (Å²) in [6, 6.07) is 16.7. The lowest BCUT2D eigenvalue weighted by molar-refractivity contribution is -0.384. The highest BCUT2D eigenvalue weighted by atomic mass is 32.2. The minimum absolute atomic E-state index is 0.00733. The molecule has 0 heterocycles. The van der Waals surface area contributed by atoms with Crippen LogP contribution in [0.2, 0.25) is 0 Å². The summed E-state index contributed by atoms with van der Waals surface area (Å²) in [6.07, 6.45) is 0. The van der Waals surface area contributed by atoms with Crippen molar-refractivity contribution in [1.82, 2.24) is 0 Å². The van der Waals surface area contributed by atoms with Crippen LogP contribution in [0.3, 0.4) is 0 Å². The highest BCUT2D eigenvalue weighted by Gasteiger charge is 2.17. The fourth-order valence-corrected chi connectivity index (χ4v) is 4.84. The van der Waals surface area contributed by atoms with E-state index in [2.05, 4.69) is 10.0 Å². The number of hydrogen-bond donors (Lipinski definition) is 2. The van der Waals surface area contributed by atoms with Crippen LogP contribution in [0.4, 0.5) is 17.1 Å². The lowest BCUT2D eigenvalue weighted by Gasteiger charge is -2.13. The van der Waals surface area contributed by atoms with Crippen molar-refractivity contribution < 1.29 is 27.6 Å². The number of amides is 1. The predicted molar refractivity (Wildman–Crippen MR) is 135 cm³/mol. The molecule has 0 bridgehead atoms. The van der Waals surface area contributed by atoms with Crippen LogP contribution >= 0.6 is 11.8 Å². The number of benzene rings is 3. The Morgan fingerprint density at radius 2 is 1.69 bits per heavy atom. The molecule has 35 heavy (non-hydrogen) atoms. The summed E-state index contributed by atoms with van der Waals surface area (Å²) in [7, 11) is -1.01. The normalized spacial score (nSPS) is 10.9. The number of anilines is 2. The molecule has 0 aromatic heterocycles. The molecule has 10 nitrogen and oxygen atoms in total. The number of hydrogen-bond acceptors (Lipinski definition) is 8. The fourth-order valence-electron chi connectivity index (χ4n) is 2.99. The fraction of sp³-hybridized carbons (Fsp3) is 0.174. The van der Waals surface area contributed by atoms with Crippen LogP contribution in [0, 0.1) is 10.1 Å². The topological polar surface area (TPSA) is 137 Å². The third-order valence-corrected chi connectivity index (χ3v) is 7.13. The van der Waals surface area contributed by atoms with Gasteiger partial charge in [-0.3, -0.25) is 19.6 Å². The number of sulfonamides is 1. The van der Waals surface area contributed by atoms with E-state index in [1.54, 1.807) is 24.3 Å². The van der Waals surface area contributed by atoms with Gasteiger partial charge in [-0.1, -0.05) is 12.1 Å². The number of ether oxygens (including phenoxy) is 2. The Morgan fingerprint density at radius 1 is 1.00 bits per heavy atom. The lowest BCUT2D eigenvalue weighted by atomic mass is 10.2. The molecule has 0 saturated heterocycles. The Labute approximate surface area is 206 Å². The van der Waals surface area contributed by atoms with Crippen molar-refractivity contribution in [2.45, 2.75) is 10.6 Å². The summed E-state index contributed by atoms with van der Waals surface area (Å²) >= 11 is 1.35. The minimum Gasteiger partial charge on any atom is -0.497 e. The highest BCUT2D eigenvalue weighted by molar-refractivity contribution is 7.99. The zero-order valence-corrected chi connectivity index (χ0v) is 20.5. The van der Waals surface area contributed by atoms with Crippen LogP contribution < -0.4 is 19.5 Å². The molecule has 0 saturated carbocycles. The second kappa shape index (κ2) is 11.6. The first-order valence-corrected chi connectivity index (χ1v) is 12.8. The van der Waals surface area contributed by atoms with Crippen molar-refractivity contribution in [3.8, 4) is 11.5 Å². The van der Waals surface area contributed by atoms with E-state index in [1.165, 1.54) is 68.4 Å². The first kappa shape index (κ1) is 25.8. The summed E-state index contributed by atoms with van der Waals surface area (Å²) < 4.78 is 38.4. The highest BCUT2D eigenvalue weighted by Crippen LogP contribution is 2.31. The number of nitro benzene ring substituents is 1. The number of thioether (sulfide) groups is 1. The second-order valence-corrected chi connectivity index (χ2v) is 9.83. The SMILES string of the molecule is COc1ccc(OC)c(NS(=O)(=O)c2ccc(NC(=O)CSCc3ccc([N+](=O)[O-])cc3)cc2)c1. The van der Waals surface area contributed by atoms with E-state index in [1.807, 2.05) is 0 Å². The largest absolute Gasteiger partial charge is 0.497 e. The van der Waals surface area contributed by atoms with Crippen molar-refractivity contribution in [2.24, 2.45) is 0 Å². The van der Waals surface area contributed by atoms with E-state index in [0.717, 1.165) is 5.56 Å². The summed E-state index contributed by atoms with van der Waals surface area (Å²) in [5.41, 5.74) is 1.56. The molecule has 0 fully saturated rings. The molecule has 12 heteroatoms. The van der Waals surface area contributed by atoms with Gasteiger partial charge in [0, 0.05) is 29.6 Å². The van der Waals surface area contributed by atoms with Gasteiger partial charge in [-0.05, 0) is 42.0 Å². The number of nitro groups is 1. The quantitative estimate of drug-likeness (QED) is 0.284. The molecule has 0 unspecified atom stereocenters. The van der Waals surface area contributed by atoms with Crippen LogP contribution in [0.25, 0.3) is 0 Å². The lowest BCUT2D eigenvalue weighted by Crippen LogP contribution is -2.15. The Kier molecular flexibility index (Phi) is 8.55. The van der Waals surface area contributed by atoms with E-state index in [-0.39, 0.29) is 27.9 Å². The maximum atomic E-state index is 12.8. The summed E-state index contributed by atoms with van der Waals surface area (Å²) in [4.78, 5) is 22.5. The molecule has 3 aromatic carbocycles. The molecular weight excluding hydrogens is 494 g/mol. The smallest absolute Gasteiger partial charge is 0.269 e. The first-order chi connectivity index (χ1) is 16.7. The number of rotatable bonds is 11. The Morgan fingerprint density at radius 3 is 2.29 bits per heavy atom. The molecule has 184 valence electrons. The van der Waals surface area contributed by atoms with E-state index in [9.17, 15) is 23.3 Å². The Hall–Kier alpha value is -3.77. The summed E-state index contributed by atoms with van der Waals surface area (Å²) in [5.74, 6) is 1.22. The summed E-state index contributed by atoms with van der Waals surface area (Å²) in [5, 5.41) is 13.4. The monoisotopic (exact) mass is 517 g/mol. The van der Waals surface area contributed by atoms with Gasteiger partial charge in [0.05, 0.1) is 35.5 Å². The molecule has 0 aliphatic carbocycles. The van der Waals surface area contributed by atoms with Gasteiger partial charge in [0.15, 0.2) is 0 Å². The van der Waals surface area contributed by atoms with Gasteiger partial charge >= 0.3 is 0 Å². The second-order valence-electron chi connectivity index (χ2n) is 7.16. The maximum absolute atomic E-state index is 12.8. The van der Waals surface area contributed by atoms with Gasteiger partial charge in [-0.2, -0.15) is 0 Å². The maximum Gasteiger partial charge on any atom is 0.269 e. The zero-order valence-electron chi connectivity index (χ0n) is 18.9. The molecule has 0 aliphatic heterocycles. The Balaban J connectivity index is 1.56. The number of methoxy groups -OCH3 is 2. The van der Waals surface area contributed by atoms with Crippen molar-refractivity contribution >= 4 is 44.8 Å². The van der Waals surface area contributed by atoms with E-state index in [0.29, 0.717) is 22.9 Å². The molecule has 2 N–H and O–H groups in total. The molecule has 1 amide bonds. The van der Waals surface area contributed by atoms with Gasteiger partial charge in [-0.25, -0.2) is 8.42 Å². The zero-order chi connectivity index (χ0) is 25.4. The third-order valence-electron chi connectivity index (χ3n) is 4.75. The van der Waals surface area contributed by atoms with E-state index in [4.69, 9.17) is 9.47 Å². The van der Waals surface area contributed by atoms with Crippen LogP contribution in [0.15, 0.2) is 71.6 Å². The van der Waals surface area contributed by atoms with Gasteiger partial charge < -0.3 is 14.8 Å². The van der Waals surface area contributed by atoms with Crippen LogP contribution in [0.5, 0.6) is 11.5 Å². The van der Waals surface area contributed by atoms with E-state index < -0.39 is 14.9 Å². The van der Waals surface area contributed by atoms with E-state index >= 15 is 0 Å². The predicted octanol–water partition coefficient (Wildman–Crippen LogP) is 4.28.